The molecule has 0 aliphatic heterocycles. The standard InChI is InChI=1S/C28H45NO6/c1-8-9-17-24(20(2)34-21(3)30)23(19-22-14-11-10-12-15-22)16-13-18-25(26(31)33-7)29-27(32)35-28(4,5)6/h10-12,14-15,20,23-25H,8-9,13,16-19H2,1-7H3,(H,29,32)/t20-,23?,24?,25?/m0/s1. The van der Waals surface area contributed by atoms with Gasteiger partial charge in [-0.25, -0.2) is 9.59 Å². The molecule has 35 heavy (non-hydrogen) atoms. The van der Waals surface area contributed by atoms with Crippen molar-refractivity contribution in [2.24, 2.45) is 11.8 Å². The van der Waals surface area contributed by atoms with E-state index in [1.165, 1.54) is 19.6 Å². The van der Waals surface area contributed by atoms with Crippen LogP contribution in [0.15, 0.2) is 30.3 Å². The summed E-state index contributed by atoms with van der Waals surface area (Å²) < 4.78 is 15.8. The van der Waals surface area contributed by atoms with Crippen LogP contribution in [0.5, 0.6) is 0 Å². The molecule has 1 aromatic carbocycles. The lowest BCUT2D eigenvalue weighted by atomic mass is 9.77. The molecule has 0 aromatic heterocycles. The lowest BCUT2D eigenvalue weighted by molar-refractivity contribution is -0.149. The Kier molecular flexibility index (Phi) is 13.4. The van der Waals surface area contributed by atoms with Gasteiger partial charge in [0.15, 0.2) is 0 Å². The second kappa shape index (κ2) is 15.4. The Morgan fingerprint density at radius 1 is 1.00 bits per heavy atom. The number of ether oxygens (including phenoxy) is 3. The summed E-state index contributed by atoms with van der Waals surface area (Å²) in [6, 6.07) is 9.50. The molecule has 4 atom stereocenters. The van der Waals surface area contributed by atoms with Crippen LogP contribution in [0.25, 0.3) is 0 Å². The smallest absolute Gasteiger partial charge is 0.408 e. The number of esters is 2. The summed E-state index contributed by atoms with van der Waals surface area (Å²) in [5.74, 6) is -0.330. The maximum atomic E-state index is 12.3. The van der Waals surface area contributed by atoms with Crippen LogP contribution in [0.4, 0.5) is 4.79 Å². The van der Waals surface area contributed by atoms with E-state index >= 15 is 0 Å². The van der Waals surface area contributed by atoms with Crippen molar-refractivity contribution in [1.82, 2.24) is 5.32 Å². The molecular formula is C28H45NO6. The highest BCUT2D eigenvalue weighted by Gasteiger charge is 2.30. The number of nitrogens with one attached hydrogen (secondary N) is 1. The minimum absolute atomic E-state index is 0.189. The van der Waals surface area contributed by atoms with Crippen molar-refractivity contribution in [3.8, 4) is 0 Å². The van der Waals surface area contributed by atoms with Gasteiger partial charge in [-0.15, -0.1) is 0 Å². The average molecular weight is 492 g/mol. The third-order valence-electron chi connectivity index (χ3n) is 6.04. The predicted octanol–water partition coefficient (Wildman–Crippen LogP) is 5.84. The van der Waals surface area contributed by atoms with Gasteiger partial charge in [-0.3, -0.25) is 4.79 Å². The van der Waals surface area contributed by atoms with E-state index in [1.807, 2.05) is 25.1 Å². The fourth-order valence-corrected chi connectivity index (χ4v) is 4.45. The molecule has 0 bridgehead atoms. The van der Waals surface area contributed by atoms with Crippen molar-refractivity contribution in [1.29, 1.82) is 0 Å². The summed E-state index contributed by atoms with van der Waals surface area (Å²) in [6.07, 6.45) is 5.02. The monoisotopic (exact) mass is 491 g/mol. The summed E-state index contributed by atoms with van der Waals surface area (Å²) in [5.41, 5.74) is 0.565. The molecule has 1 aromatic rings. The second-order valence-electron chi connectivity index (χ2n) is 10.2. The Labute approximate surface area is 211 Å². The zero-order valence-corrected chi connectivity index (χ0v) is 22.6. The van der Waals surface area contributed by atoms with Crippen molar-refractivity contribution in [2.75, 3.05) is 7.11 Å². The first-order valence-corrected chi connectivity index (χ1v) is 12.7. The Balaban J connectivity index is 2.99. The molecule has 198 valence electrons. The van der Waals surface area contributed by atoms with E-state index in [-0.39, 0.29) is 23.9 Å². The molecule has 0 radical (unpaired) electrons. The number of methoxy groups -OCH3 is 1. The molecule has 0 heterocycles. The molecule has 0 aliphatic carbocycles. The molecule has 1 N–H and O–H groups in total. The fourth-order valence-electron chi connectivity index (χ4n) is 4.45. The molecule has 7 nitrogen and oxygen atoms in total. The molecule has 3 unspecified atom stereocenters. The Morgan fingerprint density at radius 2 is 1.66 bits per heavy atom. The molecule has 1 rings (SSSR count). The summed E-state index contributed by atoms with van der Waals surface area (Å²) in [6.45, 7) is 10.9. The van der Waals surface area contributed by atoms with Gasteiger partial charge in [0.2, 0.25) is 0 Å². The minimum Gasteiger partial charge on any atom is -0.467 e. The van der Waals surface area contributed by atoms with E-state index < -0.39 is 23.7 Å². The molecule has 1 amide bonds. The van der Waals surface area contributed by atoms with Crippen LogP contribution in [-0.4, -0.2) is 42.9 Å². The summed E-state index contributed by atoms with van der Waals surface area (Å²) in [7, 11) is 1.31. The lowest BCUT2D eigenvalue weighted by Gasteiger charge is -2.32. The highest BCUT2D eigenvalue weighted by atomic mass is 16.6. The van der Waals surface area contributed by atoms with Gasteiger partial charge < -0.3 is 19.5 Å². The van der Waals surface area contributed by atoms with Crippen molar-refractivity contribution < 1.29 is 28.6 Å². The van der Waals surface area contributed by atoms with Crippen LogP contribution in [0.1, 0.15) is 85.6 Å². The Bertz CT molecular complexity index is 773. The zero-order valence-electron chi connectivity index (χ0n) is 22.6. The number of rotatable bonds is 14. The van der Waals surface area contributed by atoms with Crippen LogP contribution >= 0.6 is 0 Å². The van der Waals surface area contributed by atoms with Gasteiger partial charge in [-0.1, -0.05) is 56.5 Å². The van der Waals surface area contributed by atoms with E-state index in [9.17, 15) is 14.4 Å². The van der Waals surface area contributed by atoms with Crippen molar-refractivity contribution in [2.45, 2.75) is 104 Å². The molecule has 0 saturated carbocycles. The van der Waals surface area contributed by atoms with Crippen LogP contribution in [0.3, 0.4) is 0 Å². The van der Waals surface area contributed by atoms with E-state index in [4.69, 9.17) is 14.2 Å². The highest BCUT2D eigenvalue weighted by Crippen LogP contribution is 2.32. The molecule has 0 aliphatic rings. The van der Waals surface area contributed by atoms with Crippen molar-refractivity contribution in [3.63, 3.8) is 0 Å². The van der Waals surface area contributed by atoms with Crippen molar-refractivity contribution in [3.05, 3.63) is 35.9 Å². The number of carbonyl (C=O) groups excluding carboxylic acids is 3. The maximum Gasteiger partial charge on any atom is 0.408 e. The first kappa shape index (κ1) is 30.5. The highest BCUT2D eigenvalue weighted by molar-refractivity contribution is 5.81. The number of amides is 1. The van der Waals surface area contributed by atoms with Gasteiger partial charge in [0.05, 0.1) is 7.11 Å². The van der Waals surface area contributed by atoms with E-state index in [0.717, 1.165) is 32.1 Å². The van der Waals surface area contributed by atoms with Crippen LogP contribution in [-0.2, 0) is 30.2 Å². The van der Waals surface area contributed by atoms with Gasteiger partial charge in [0, 0.05) is 6.92 Å². The SMILES string of the molecule is CCCCC(C(CCCC(NC(=O)OC(C)(C)C)C(=O)OC)Cc1ccccc1)[C@H](C)OC(C)=O. The number of alkyl carbamates (subject to hydrolysis) is 1. The van der Waals surface area contributed by atoms with E-state index in [1.54, 1.807) is 20.8 Å². The van der Waals surface area contributed by atoms with Crippen LogP contribution in [0.2, 0.25) is 0 Å². The second-order valence-corrected chi connectivity index (χ2v) is 10.2. The Morgan fingerprint density at radius 3 is 2.20 bits per heavy atom. The molecule has 0 fully saturated rings. The van der Waals surface area contributed by atoms with Gasteiger partial charge >= 0.3 is 18.0 Å². The predicted molar refractivity (Wildman–Crippen MR) is 137 cm³/mol. The first-order chi connectivity index (χ1) is 16.5. The van der Waals surface area contributed by atoms with Gasteiger partial charge in [-0.2, -0.15) is 0 Å². The fraction of sp³-hybridized carbons (Fsp3) is 0.679. The number of benzene rings is 1. The van der Waals surface area contributed by atoms with Crippen LogP contribution in [0, 0.1) is 11.8 Å². The van der Waals surface area contributed by atoms with Gasteiger partial charge in [0.25, 0.3) is 0 Å². The maximum absolute atomic E-state index is 12.3. The summed E-state index contributed by atoms with van der Waals surface area (Å²) in [5, 5.41) is 2.66. The van der Waals surface area contributed by atoms with Gasteiger partial charge in [0.1, 0.15) is 17.7 Å². The average Bonchev–Trinajstić information content (AvgIpc) is 2.76. The van der Waals surface area contributed by atoms with E-state index in [2.05, 4.69) is 24.4 Å². The number of hydrogen-bond acceptors (Lipinski definition) is 6. The molecule has 0 spiro atoms. The largest absolute Gasteiger partial charge is 0.467 e. The molecular weight excluding hydrogens is 446 g/mol. The number of carbonyl (C=O) groups is 3. The van der Waals surface area contributed by atoms with E-state index in [0.29, 0.717) is 12.8 Å². The first-order valence-electron chi connectivity index (χ1n) is 12.7. The van der Waals surface area contributed by atoms with Crippen LogP contribution < -0.4 is 5.32 Å². The zero-order chi connectivity index (χ0) is 26.4. The van der Waals surface area contributed by atoms with Crippen molar-refractivity contribution >= 4 is 18.0 Å². The molecule has 0 saturated heterocycles. The number of hydrogen-bond donors (Lipinski definition) is 1. The number of unbranched alkanes of at least 4 members (excludes halogenated alkanes) is 1. The minimum atomic E-state index is -0.785. The third kappa shape index (κ3) is 12.6. The quantitative estimate of drug-likeness (QED) is 0.260. The molecule has 7 heteroatoms. The third-order valence-corrected chi connectivity index (χ3v) is 6.04. The summed E-state index contributed by atoms with van der Waals surface area (Å²) >= 11 is 0. The summed E-state index contributed by atoms with van der Waals surface area (Å²) in [4.78, 5) is 36.3. The normalized spacial score (nSPS) is 14.8. The Hall–Kier alpha value is -2.57. The van der Waals surface area contributed by atoms with Gasteiger partial charge in [-0.05, 0) is 70.8 Å². The topological polar surface area (TPSA) is 90.9 Å². The lowest BCUT2D eigenvalue weighted by Crippen LogP contribution is -2.44.